The van der Waals surface area contributed by atoms with Crippen LogP contribution < -0.4 is 10.2 Å². The van der Waals surface area contributed by atoms with Gasteiger partial charge in [-0.25, -0.2) is 4.98 Å². The molecule has 170 valence electrons. The highest BCUT2D eigenvalue weighted by Crippen LogP contribution is 2.35. The van der Waals surface area contributed by atoms with Crippen molar-refractivity contribution in [2.45, 2.75) is 6.54 Å². The number of pyridine rings is 1. The summed E-state index contributed by atoms with van der Waals surface area (Å²) >= 11 is 6.30. The van der Waals surface area contributed by atoms with Crippen molar-refractivity contribution >= 4 is 40.1 Å². The van der Waals surface area contributed by atoms with Crippen molar-refractivity contribution in [2.75, 3.05) is 31.1 Å². The number of hydrogen-bond acceptors (Lipinski definition) is 4. The number of halogens is 1. The van der Waals surface area contributed by atoms with Crippen molar-refractivity contribution in [1.82, 2.24) is 20.2 Å². The van der Waals surface area contributed by atoms with Gasteiger partial charge < -0.3 is 20.1 Å². The Morgan fingerprint density at radius 2 is 1.85 bits per heavy atom. The predicted octanol–water partition coefficient (Wildman–Crippen LogP) is 4.09. The van der Waals surface area contributed by atoms with Crippen LogP contribution in [-0.4, -0.2) is 52.9 Å². The largest absolute Gasteiger partial charge is 0.355 e. The summed E-state index contributed by atoms with van der Waals surface area (Å²) in [4.78, 5) is 37.5. The number of amides is 2. The van der Waals surface area contributed by atoms with Gasteiger partial charge in [-0.05, 0) is 42.5 Å². The molecule has 0 bridgehead atoms. The van der Waals surface area contributed by atoms with Crippen molar-refractivity contribution in [3.05, 3.63) is 82.5 Å². The van der Waals surface area contributed by atoms with Crippen molar-refractivity contribution in [3.8, 4) is 11.3 Å². The summed E-state index contributed by atoms with van der Waals surface area (Å²) in [7, 11) is 0. The van der Waals surface area contributed by atoms with E-state index in [9.17, 15) is 9.59 Å². The lowest BCUT2D eigenvalue weighted by atomic mass is 10.0. The number of nitrogens with zero attached hydrogens (tertiary/aromatic N) is 3. The van der Waals surface area contributed by atoms with Crippen LogP contribution in [0.5, 0.6) is 0 Å². The van der Waals surface area contributed by atoms with Gasteiger partial charge in [-0.15, -0.1) is 0 Å². The fourth-order valence-electron chi connectivity index (χ4n) is 4.81. The van der Waals surface area contributed by atoms with Gasteiger partial charge in [-0.1, -0.05) is 23.7 Å². The monoisotopic (exact) mass is 471 g/mol. The van der Waals surface area contributed by atoms with Gasteiger partial charge >= 0.3 is 0 Å². The van der Waals surface area contributed by atoms with E-state index in [4.69, 9.17) is 11.6 Å². The van der Waals surface area contributed by atoms with E-state index >= 15 is 0 Å². The van der Waals surface area contributed by atoms with E-state index in [1.165, 1.54) is 0 Å². The molecule has 2 amide bonds. The third-order valence-electron chi connectivity index (χ3n) is 6.61. The molecule has 1 saturated heterocycles. The van der Waals surface area contributed by atoms with Gasteiger partial charge in [0.25, 0.3) is 11.8 Å². The number of carbonyl (C=O) groups is 2. The molecule has 0 spiro atoms. The van der Waals surface area contributed by atoms with E-state index in [1.807, 2.05) is 59.5 Å². The Balaban J connectivity index is 1.24. The molecule has 0 saturated carbocycles. The second-order valence-electron chi connectivity index (χ2n) is 8.58. The number of rotatable bonds is 3. The van der Waals surface area contributed by atoms with Gasteiger partial charge in [0, 0.05) is 77.2 Å². The Morgan fingerprint density at radius 1 is 1.00 bits per heavy atom. The number of hydrogen-bond donors (Lipinski definition) is 2. The summed E-state index contributed by atoms with van der Waals surface area (Å²) in [5.74, 6) is 0.849. The van der Waals surface area contributed by atoms with Crippen LogP contribution in [0.25, 0.3) is 22.2 Å². The molecule has 4 heterocycles. The summed E-state index contributed by atoms with van der Waals surface area (Å²) in [6.45, 7) is 3.25. The van der Waals surface area contributed by atoms with Crippen LogP contribution in [0.15, 0.2) is 60.8 Å². The second kappa shape index (κ2) is 8.18. The third-order valence-corrected chi connectivity index (χ3v) is 6.96. The lowest BCUT2D eigenvalue weighted by Crippen LogP contribution is -2.49. The number of anilines is 1. The highest BCUT2D eigenvalue weighted by atomic mass is 35.5. The SMILES string of the molecule is O=C1NCc2c(Cl)ccc(-c3cc4cc(C(=O)N5CCN(c6ccccn6)CC5)ccc4[nH]3)c21. The highest BCUT2D eigenvalue weighted by molar-refractivity contribution is 6.32. The average Bonchev–Trinajstić information content (AvgIpc) is 3.48. The molecule has 34 heavy (non-hydrogen) atoms. The van der Waals surface area contributed by atoms with E-state index in [2.05, 4.69) is 20.2 Å². The first-order valence-electron chi connectivity index (χ1n) is 11.3. The molecule has 8 heteroatoms. The van der Waals surface area contributed by atoms with Gasteiger partial charge in [-0.2, -0.15) is 0 Å². The minimum atomic E-state index is -0.119. The molecule has 0 aliphatic carbocycles. The Bertz CT molecular complexity index is 1420. The van der Waals surface area contributed by atoms with E-state index in [1.54, 1.807) is 6.20 Å². The quantitative estimate of drug-likeness (QED) is 0.471. The molecule has 2 aromatic heterocycles. The zero-order valence-corrected chi connectivity index (χ0v) is 19.1. The molecular weight excluding hydrogens is 450 g/mol. The first kappa shape index (κ1) is 20.7. The summed E-state index contributed by atoms with van der Waals surface area (Å²) in [6.07, 6.45) is 1.79. The van der Waals surface area contributed by atoms with Crippen LogP contribution in [0, 0.1) is 0 Å². The maximum atomic E-state index is 13.2. The van der Waals surface area contributed by atoms with Crippen molar-refractivity contribution in [1.29, 1.82) is 0 Å². The van der Waals surface area contributed by atoms with E-state index < -0.39 is 0 Å². The lowest BCUT2D eigenvalue weighted by molar-refractivity contribution is 0.0746. The Morgan fingerprint density at radius 3 is 2.65 bits per heavy atom. The lowest BCUT2D eigenvalue weighted by Gasteiger charge is -2.35. The van der Waals surface area contributed by atoms with Crippen LogP contribution in [0.1, 0.15) is 26.3 Å². The van der Waals surface area contributed by atoms with Crippen molar-refractivity contribution < 1.29 is 9.59 Å². The van der Waals surface area contributed by atoms with Gasteiger partial charge in [0.05, 0.1) is 5.56 Å². The molecule has 2 aliphatic heterocycles. The Hall–Kier alpha value is -3.84. The molecule has 7 nitrogen and oxygen atoms in total. The van der Waals surface area contributed by atoms with Gasteiger partial charge in [-0.3, -0.25) is 9.59 Å². The van der Waals surface area contributed by atoms with Gasteiger partial charge in [0.15, 0.2) is 0 Å². The van der Waals surface area contributed by atoms with E-state index in [-0.39, 0.29) is 11.8 Å². The van der Waals surface area contributed by atoms with Gasteiger partial charge in [0.1, 0.15) is 5.82 Å². The van der Waals surface area contributed by atoms with Crippen LogP contribution in [0.2, 0.25) is 5.02 Å². The molecule has 4 aromatic rings. The summed E-state index contributed by atoms with van der Waals surface area (Å²) in [5, 5.41) is 4.36. The van der Waals surface area contributed by atoms with Crippen LogP contribution in [0.3, 0.4) is 0 Å². The Labute approximate surface area is 201 Å². The number of aromatic amines is 1. The third kappa shape index (κ3) is 3.49. The molecule has 2 aliphatic rings. The molecule has 0 atom stereocenters. The number of fused-ring (bicyclic) bond motifs is 2. The number of nitrogens with one attached hydrogen (secondary N) is 2. The van der Waals surface area contributed by atoms with Crippen molar-refractivity contribution in [3.63, 3.8) is 0 Å². The van der Waals surface area contributed by atoms with Gasteiger partial charge in [0.2, 0.25) is 0 Å². The standard InChI is InChI=1S/C26H22ClN5O2/c27-20-6-5-18(24-19(20)15-29-25(24)33)22-14-17-13-16(4-7-21(17)30-22)26(34)32-11-9-31(10-12-32)23-3-1-2-8-28-23/h1-8,13-14,30H,9-12,15H2,(H,29,33). The fourth-order valence-corrected chi connectivity index (χ4v) is 5.03. The minimum absolute atomic E-state index is 0.0251. The second-order valence-corrected chi connectivity index (χ2v) is 8.99. The number of aromatic nitrogens is 2. The van der Waals surface area contributed by atoms with Crippen LogP contribution >= 0.6 is 11.6 Å². The first-order valence-corrected chi connectivity index (χ1v) is 11.6. The van der Waals surface area contributed by atoms with E-state index in [0.717, 1.165) is 46.6 Å². The number of benzene rings is 2. The minimum Gasteiger partial charge on any atom is -0.355 e. The summed E-state index contributed by atoms with van der Waals surface area (Å²) < 4.78 is 0. The molecule has 0 radical (unpaired) electrons. The van der Waals surface area contributed by atoms with Crippen LogP contribution in [-0.2, 0) is 6.54 Å². The van der Waals surface area contributed by atoms with Crippen LogP contribution in [0.4, 0.5) is 5.82 Å². The maximum Gasteiger partial charge on any atom is 0.253 e. The summed E-state index contributed by atoms with van der Waals surface area (Å²) in [6, 6.07) is 17.2. The normalized spacial score (nSPS) is 15.5. The van der Waals surface area contributed by atoms with Crippen molar-refractivity contribution in [2.24, 2.45) is 0 Å². The first-order chi connectivity index (χ1) is 16.6. The molecule has 1 fully saturated rings. The number of piperazine rings is 1. The molecule has 2 aromatic carbocycles. The zero-order valence-electron chi connectivity index (χ0n) is 18.3. The molecule has 6 rings (SSSR count). The number of carbonyl (C=O) groups excluding carboxylic acids is 2. The summed E-state index contributed by atoms with van der Waals surface area (Å²) in [5.41, 5.74) is 4.64. The average molecular weight is 472 g/mol. The van der Waals surface area contributed by atoms with E-state index in [0.29, 0.717) is 35.8 Å². The topological polar surface area (TPSA) is 81.3 Å². The highest BCUT2D eigenvalue weighted by Gasteiger charge is 2.27. The molecule has 2 N–H and O–H groups in total. The zero-order chi connectivity index (χ0) is 23.2. The predicted molar refractivity (Wildman–Crippen MR) is 132 cm³/mol. The maximum absolute atomic E-state index is 13.2. The Kier molecular flexibility index (Phi) is 4.99. The molecule has 0 unspecified atom stereocenters. The molecular formula is C26H22ClN5O2. The smallest absolute Gasteiger partial charge is 0.253 e. The number of H-pyrrole nitrogens is 1. The fraction of sp³-hybridized carbons (Fsp3) is 0.192.